The molecule has 3 rings (SSSR count). The zero-order valence-electron chi connectivity index (χ0n) is 16.7. The number of nitro groups is 1. The van der Waals surface area contributed by atoms with Crippen LogP contribution in [-0.4, -0.2) is 42.0 Å². The van der Waals surface area contributed by atoms with Crippen LogP contribution < -0.4 is 9.47 Å². The lowest BCUT2D eigenvalue weighted by molar-refractivity contribution is -0.385. The van der Waals surface area contributed by atoms with Gasteiger partial charge in [0, 0.05) is 19.2 Å². The molecule has 1 aliphatic heterocycles. The van der Waals surface area contributed by atoms with Crippen LogP contribution in [0.4, 0.5) is 5.69 Å². The van der Waals surface area contributed by atoms with Crippen LogP contribution in [0.25, 0.3) is 0 Å². The van der Waals surface area contributed by atoms with Gasteiger partial charge in [-0.05, 0) is 43.7 Å². The second kappa shape index (κ2) is 9.41. The predicted molar refractivity (Wildman–Crippen MR) is 109 cm³/mol. The molecule has 0 aliphatic carbocycles. The summed E-state index contributed by atoms with van der Waals surface area (Å²) in [5.41, 5.74) is 1.22. The molecule has 2 aromatic rings. The van der Waals surface area contributed by atoms with Crippen LogP contribution >= 0.6 is 0 Å². The van der Waals surface area contributed by atoms with Gasteiger partial charge in [-0.1, -0.05) is 30.3 Å². The molecule has 7 heteroatoms. The normalized spacial score (nSPS) is 15.6. The van der Waals surface area contributed by atoms with Crippen LogP contribution in [-0.2, 0) is 11.2 Å². The van der Waals surface area contributed by atoms with Gasteiger partial charge < -0.3 is 14.4 Å². The van der Waals surface area contributed by atoms with Gasteiger partial charge in [-0.3, -0.25) is 14.9 Å². The maximum atomic E-state index is 12.8. The molecule has 0 bridgehead atoms. The highest BCUT2D eigenvalue weighted by Gasteiger charge is 2.28. The maximum Gasteiger partial charge on any atom is 0.273 e. The Morgan fingerprint density at radius 3 is 2.48 bits per heavy atom. The molecule has 0 unspecified atom stereocenters. The second-order valence-corrected chi connectivity index (χ2v) is 7.31. The molecule has 1 atom stereocenters. The molecule has 1 amide bonds. The van der Waals surface area contributed by atoms with E-state index in [1.54, 1.807) is 6.92 Å². The first-order valence-corrected chi connectivity index (χ1v) is 9.79. The van der Waals surface area contributed by atoms with Crippen LogP contribution in [0.2, 0.25) is 0 Å². The van der Waals surface area contributed by atoms with E-state index in [-0.39, 0.29) is 17.3 Å². The third kappa shape index (κ3) is 5.25. The number of nitrogens with zero attached hydrogens (tertiary/aromatic N) is 2. The minimum Gasteiger partial charge on any atom is -0.493 e. The van der Waals surface area contributed by atoms with Gasteiger partial charge in [0.25, 0.3) is 11.6 Å². The first-order chi connectivity index (χ1) is 14.0. The maximum absolute atomic E-state index is 12.8. The van der Waals surface area contributed by atoms with Gasteiger partial charge in [-0.15, -0.1) is 0 Å². The monoisotopic (exact) mass is 398 g/mol. The molecular formula is C22H26N2O5. The second-order valence-electron chi connectivity index (χ2n) is 7.31. The molecule has 0 spiro atoms. The molecule has 0 saturated carbocycles. The zero-order valence-corrected chi connectivity index (χ0v) is 16.7. The van der Waals surface area contributed by atoms with E-state index in [1.807, 2.05) is 11.0 Å². The van der Waals surface area contributed by atoms with Crippen molar-refractivity contribution in [2.24, 2.45) is 5.92 Å². The van der Waals surface area contributed by atoms with Crippen molar-refractivity contribution in [3.05, 3.63) is 64.2 Å². The van der Waals surface area contributed by atoms with Gasteiger partial charge in [0.2, 0.25) is 0 Å². The van der Waals surface area contributed by atoms with Crippen molar-refractivity contribution in [3.63, 3.8) is 0 Å². The lowest BCUT2D eigenvalue weighted by Gasteiger charge is -2.33. The molecule has 2 aromatic carbocycles. The fourth-order valence-corrected chi connectivity index (χ4v) is 3.67. The van der Waals surface area contributed by atoms with E-state index < -0.39 is 11.0 Å². The van der Waals surface area contributed by atoms with E-state index in [9.17, 15) is 14.9 Å². The quantitative estimate of drug-likeness (QED) is 0.523. The average Bonchev–Trinajstić information content (AvgIpc) is 2.74. The van der Waals surface area contributed by atoms with Gasteiger partial charge in [-0.25, -0.2) is 0 Å². The standard InChI is InChI=1S/C22H26N2O5/c1-16(29-21-15-19(24(26)27)8-9-20(21)28-2)22(25)23-12-10-18(11-13-23)14-17-6-4-3-5-7-17/h3-9,15-16,18H,10-14H2,1-2H3/t16-/m0/s1. The Kier molecular flexibility index (Phi) is 6.69. The van der Waals surface area contributed by atoms with Crippen molar-refractivity contribution in [1.82, 2.24) is 4.90 Å². The smallest absolute Gasteiger partial charge is 0.273 e. The van der Waals surface area contributed by atoms with Crippen LogP contribution in [0.5, 0.6) is 11.5 Å². The van der Waals surface area contributed by atoms with Crippen molar-refractivity contribution in [2.75, 3.05) is 20.2 Å². The molecule has 29 heavy (non-hydrogen) atoms. The Labute approximate surface area is 170 Å². The van der Waals surface area contributed by atoms with Crippen molar-refractivity contribution in [3.8, 4) is 11.5 Å². The number of carbonyl (C=O) groups is 1. The van der Waals surface area contributed by atoms with E-state index in [0.717, 1.165) is 19.3 Å². The fraction of sp³-hybridized carbons (Fsp3) is 0.409. The number of benzene rings is 2. The number of hydrogen-bond donors (Lipinski definition) is 0. The molecule has 154 valence electrons. The van der Waals surface area contributed by atoms with Crippen LogP contribution in [0.15, 0.2) is 48.5 Å². The lowest BCUT2D eigenvalue weighted by Crippen LogP contribution is -2.45. The van der Waals surface area contributed by atoms with Gasteiger partial charge in [0.1, 0.15) is 0 Å². The zero-order chi connectivity index (χ0) is 20.8. The third-order valence-corrected chi connectivity index (χ3v) is 5.30. The van der Waals surface area contributed by atoms with Gasteiger partial charge in [0.05, 0.1) is 18.1 Å². The van der Waals surface area contributed by atoms with E-state index in [0.29, 0.717) is 24.8 Å². The Morgan fingerprint density at radius 1 is 1.17 bits per heavy atom. The molecule has 0 aromatic heterocycles. The van der Waals surface area contributed by atoms with Crippen LogP contribution in [0.3, 0.4) is 0 Å². The summed E-state index contributed by atoms with van der Waals surface area (Å²) in [4.78, 5) is 25.1. The molecule has 7 nitrogen and oxygen atoms in total. The number of amides is 1. The summed E-state index contributed by atoms with van der Waals surface area (Å²) in [5, 5.41) is 11.0. The van der Waals surface area contributed by atoms with E-state index in [1.165, 1.54) is 30.9 Å². The molecule has 1 aliphatic rings. The van der Waals surface area contributed by atoms with Crippen molar-refractivity contribution < 1.29 is 19.2 Å². The molecule has 1 fully saturated rings. The van der Waals surface area contributed by atoms with Crippen LogP contribution in [0.1, 0.15) is 25.3 Å². The topological polar surface area (TPSA) is 81.9 Å². The van der Waals surface area contributed by atoms with Gasteiger partial charge >= 0.3 is 0 Å². The van der Waals surface area contributed by atoms with Gasteiger partial charge in [-0.2, -0.15) is 0 Å². The number of likely N-dealkylation sites (tertiary alicyclic amines) is 1. The number of ether oxygens (including phenoxy) is 2. The predicted octanol–water partition coefficient (Wildman–Crippen LogP) is 3.85. The lowest BCUT2D eigenvalue weighted by atomic mass is 9.90. The highest BCUT2D eigenvalue weighted by Crippen LogP contribution is 2.32. The molecule has 0 N–H and O–H groups in total. The Morgan fingerprint density at radius 2 is 1.86 bits per heavy atom. The molecule has 0 radical (unpaired) electrons. The first kappa shape index (κ1) is 20.6. The van der Waals surface area contributed by atoms with Crippen molar-refractivity contribution in [2.45, 2.75) is 32.3 Å². The number of non-ortho nitro benzene ring substituents is 1. The summed E-state index contributed by atoms with van der Waals surface area (Å²) in [6.45, 7) is 3.04. The number of nitro benzene ring substituents is 1. The largest absolute Gasteiger partial charge is 0.493 e. The summed E-state index contributed by atoms with van der Waals surface area (Å²) in [5.74, 6) is 1.00. The number of rotatable bonds is 7. The van der Waals surface area contributed by atoms with E-state index in [2.05, 4.69) is 24.3 Å². The first-order valence-electron chi connectivity index (χ1n) is 9.79. The molecule has 1 saturated heterocycles. The Bertz CT molecular complexity index is 848. The number of carbonyl (C=O) groups excluding carboxylic acids is 1. The van der Waals surface area contributed by atoms with Gasteiger partial charge in [0.15, 0.2) is 17.6 Å². The summed E-state index contributed by atoms with van der Waals surface area (Å²) in [6.07, 6.45) is 2.18. The summed E-state index contributed by atoms with van der Waals surface area (Å²) in [7, 11) is 1.46. The minimum absolute atomic E-state index is 0.109. The summed E-state index contributed by atoms with van der Waals surface area (Å²) in [6, 6.07) is 14.5. The Hall–Kier alpha value is -3.09. The summed E-state index contributed by atoms with van der Waals surface area (Å²) >= 11 is 0. The third-order valence-electron chi connectivity index (χ3n) is 5.30. The fourth-order valence-electron chi connectivity index (χ4n) is 3.67. The molecule has 1 heterocycles. The Balaban J connectivity index is 1.57. The number of hydrogen-bond acceptors (Lipinski definition) is 5. The number of piperidine rings is 1. The highest BCUT2D eigenvalue weighted by atomic mass is 16.6. The van der Waals surface area contributed by atoms with E-state index in [4.69, 9.17) is 9.47 Å². The van der Waals surface area contributed by atoms with Crippen molar-refractivity contribution >= 4 is 11.6 Å². The SMILES string of the molecule is COc1ccc([N+](=O)[O-])cc1O[C@@H](C)C(=O)N1CCC(Cc2ccccc2)CC1. The van der Waals surface area contributed by atoms with E-state index >= 15 is 0 Å². The van der Waals surface area contributed by atoms with Crippen molar-refractivity contribution in [1.29, 1.82) is 0 Å². The molecular weight excluding hydrogens is 372 g/mol. The number of methoxy groups -OCH3 is 1. The minimum atomic E-state index is -0.753. The highest BCUT2D eigenvalue weighted by molar-refractivity contribution is 5.81. The van der Waals surface area contributed by atoms with Crippen LogP contribution in [0, 0.1) is 16.0 Å². The summed E-state index contributed by atoms with van der Waals surface area (Å²) < 4.78 is 10.9. The average molecular weight is 398 g/mol.